The summed E-state index contributed by atoms with van der Waals surface area (Å²) in [7, 11) is 0. The van der Waals surface area contributed by atoms with Crippen molar-refractivity contribution in [3.8, 4) is 0 Å². The molecule has 192 valence electrons. The number of furan rings is 1. The van der Waals surface area contributed by atoms with Crippen molar-refractivity contribution in [3.63, 3.8) is 0 Å². The summed E-state index contributed by atoms with van der Waals surface area (Å²) in [5.74, 6) is -3.57. The van der Waals surface area contributed by atoms with E-state index in [0.29, 0.717) is 12.0 Å². The first kappa shape index (κ1) is 25.4. The average Bonchev–Trinajstić information content (AvgIpc) is 3.44. The summed E-state index contributed by atoms with van der Waals surface area (Å²) in [4.78, 5) is 50.8. The second-order valence-electron chi connectivity index (χ2n) is 11.0. The van der Waals surface area contributed by atoms with Crippen LogP contribution in [0.3, 0.4) is 0 Å². The molecule has 1 aromatic rings. The predicted octanol–water partition coefficient (Wildman–Crippen LogP) is 4.05. The molecule has 0 radical (unpaired) electrons. The number of allylic oxidation sites excluding steroid dienone is 4. The Hall–Kier alpha value is -2.22. The summed E-state index contributed by atoms with van der Waals surface area (Å²) in [6, 6.07) is 2.99. The van der Waals surface area contributed by atoms with E-state index in [2.05, 4.69) is 0 Å². The van der Waals surface area contributed by atoms with Gasteiger partial charge in [0, 0.05) is 28.7 Å². The highest BCUT2D eigenvalue weighted by atomic mass is 35.5. The van der Waals surface area contributed by atoms with Gasteiger partial charge in [-0.1, -0.05) is 26.8 Å². The molecule has 3 saturated carbocycles. The predicted molar refractivity (Wildman–Crippen MR) is 131 cm³/mol. The first-order valence-electron chi connectivity index (χ1n) is 12.1. The lowest BCUT2D eigenvalue weighted by Gasteiger charge is -2.63. The smallest absolute Gasteiger partial charge is 0.375 e. The molecule has 5 rings (SSSR count). The molecule has 1 aromatic heterocycles. The molecular weight excluding hydrogens is 507 g/mol. The van der Waals surface area contributed by atoms with E-state index in [1.165, 1.54) is 24.5 Å². The van der Waals surface area contributed by atoms with E-state index in [4.69, 9.17) is 32.4 Å². The van der Waals surface area contributed by atoms with Crippen molar-refractivity contribution in [2.45, 2.75) is 56.6 Å². The van der Waals surface area contributed by atoms with Gasteiger partial charge in [0.2, 0.25) is 5.76 Å². The largest absolute Gasteiger partial charge is 0.457 e. The number of alkyl halides is 2. The number of hydrogen-bond acceptors (Lipinski definition) is 7. The van der Waals surface area contributed by atoms with E-state index in [9.17, 15) is 24.3 Å². The maximum atomic E-state index is 13.6. The van der Waals surface area contributed by atoms with Gasteiger partial charge in [-0.25, -0.2) is 4.79 Å². The number of ether oxygens (including phenoxy) is 1. The number of fused-ring (bicyclic) bond motifs is 5. The van der Waals surface area contributed by atoms with Crippen molar-refractivity contribution in [2.24, 2.45) is 28.6 Å². The van der Waals surface area contributed by atoms with Gasteiger partial charge < -0.3 is 14.3 Å². The molecule has 1 heterocycles. The van der Waals surface area contributed by atoms with Crippen LogP contribution in [-0.2, 0) is 19.1 Å². The molecule has 4 aliphatic carbocycles. The number of hydrogen-bond donors (Lipinski definition) is 1. The third-order valence-corrected chi connectivity index (χ3v) is 10.7. The number of carbonyl (C=O) groups is 4. The van der Waals surface area contributed by atoms with Crippen LogP contribution in [0.15, 0.2) is 46.6 Å². The van der Waals surface area contributed by atoms with Crippen molar-refractivity contribution in [1.29, 1.82) is 0 Å². The number of Topliss-reactive ketones (excluding diaryl/α,β-unsaturated/α-hetero) is 2. The number of esters is 1. The molecule has 0 spiro atoms. The standard InChI is InChI=1S/C27H28Cl2O7/c1-14-9-16-17-11-19(31)18-10-15(30)6-7-24(18,2)26(17,29)21(32)12-25(16,3)27(14,22(33)13-28)36-23(34)20-5-4-8-35-20/h4-8,10,14,16-17,21,32H,9,11-13H2,1-3H3/t14-,16+,17+,21+,24+,25+,26+,27+/m1/s1. The van der Waals surface area contributed by atoms with Gasteiger partial charge in [-0.2, -0.15) is 0 Å². The van der Waals surface area contributed by atoms with E-state index >= 15 is 0 Å². The van der Waals surface area contributed by atoms with Crippen LogP contribution in [0, 0.1) is 28.6 Å². The molecule has 0 aromatic carbocycles. The van der Waals surface area contributed by atoms with Crippen LogP contribution in [0.25, 0.3) is 0 Å². The molecule has 1 N–H and O–H groups in total. The number of aliphatic hydroxyl groups excluding tert-OH is 1. The van der Waals surface area contributed by atoms with Crippen molar-refractivity contribution < 1.29 is 33.4 Å². The minimum atomic E-state index is -1.65. The number of ketones is 3. The Balaban J connectivity index is 1.64. The molecule has 3 fully saturated rings. The number of aliphatic hydroxyl groups is 1. The van der Waals surface area contributed by atoms with E-state index in [1.54, 1.807) is 19.1 Å². The van der Waals surface area contributed by atoms with Gasteiger partial charge in [0.25, 0.3) is 0 Å². The van der Waals surface area contributed by atoms with Gasteiger partial charge in [0.05, 0.1) is 23.1 Å². The van der Waals surface area contributed by atoms with Crippen LogP contribution >= 0.6 is 23.2 Å². The molecule has 9 heteroatoms. The Kier molecular flexibility index (Phi) is 5.75. The first-order chi connectivity index (χ1) is 16.9. The quantitative estimate of drug-likeness (QED) is 0.458. The van der Waals surface area contributed by atoms with Crippen molar-refractivity contribution in [2.75, 3.05) is 5.88 Å². The fourth-order valence-corrected chi connectivity index (χ4v) is 8.59. The Morgan fingerprint density at radius 1 is 1.25 bits per heavy atom. The average molecular weight is 535 g/mol. The molecule has 0 bridgehead atoms. The molecule has 7 nitrogen and oxygen atoms in total. The molecule has 0 amide bonds. The molecular formula is C27H28Cl2O7. The third kappa shape index (κ3) is 2.96. The monoisotopic (exact) mass is 534 g/mol. The molecule has 36 heavy (non-hydrogen) atoms. The second kappa shape index (κ2) is 8.14. The van der Waals surface area contributed by atoms with Crippen LogP contribution in [0.2, 0.25) is 0 Å². The zero-order valence-electron chi connectivity index (χ0n) is 20.3. The molecule has 8 atom stereocenters. The Morgan fingerprint density at radius 2 is 1.97 bits per heavy atom. The van der Waals surface area contributed by atoms with Crippen LogP contribution in [0.1, 0.15) is 50.6 Å². The zero-order chi connectivity index (χ0) is 26.3. The molecule has 0 unspecified atom stereocenters. The fourth-order valence-electron chi connectivity index (χ4n) is 7.92. The second-order valence-corrected chi connectivity index (χ2v) is 11.9. The molecule has 4 aliphatic rings. The maximum absolute atomic E-state index is 13.6. The maximum Gasteiger partial charge on any atom is 0.375 e. The van der Waals surface area contributed by atoms with Crippen molar-refractivity contribution >= 4 is 46.5 Å². The van der Waals surface area contributed by atoms with Crippen molar-refractivity contribution in [3.05, 3.63) is 48.0 Å². The summed E-state index contributed by atoms with van der Waals surface area (Å²) in [5.41, 5.74) is -3.50. The van der Waals surface area contributed by atoms with Crippen LogP contribution in [0.5, 0.6) is 0 Å². The lowest BCUT2D eigenvalue weighted by Crippen LogP contribution is -2.70. The first-order valence-corrected chi connectivity index (χ1v) is 13.0. The highest BCUT2D eigenvalue weighted by Crippen LogP contribution is 2.71. The Bertz CT molecular complexity index is 1220. The Labute approximate surface area is 218 Å². The normalized spacial score (nSPS) is 43.3. The Morgan fingerprint density at radius 3 is 2.61 bits per heavy atom. The summed E-state index contributed by atoms with van der Waals surface area (Å²) in [5, 5.41) is 11.7. The number of carbonyl (C=O) groups excluding carboxylic acids is 4. The number of halogens is 2. The summed E-state index contributed by atoms with van der Waals surface area (Å²) >= 11 is 13.5. The van der Waals surface area contributed by atoms with Crippen LogP contribution < -0.4 is 0 Å². The van der Waals surface area contributed by atoms with Crippen LogP contribution in [0.4, 0.5) is 0 Å². The highest BCUT2D eigenvalue weighted by molar-refractivity contribution is 6.29. The summed E-state index contributed by atoms with van der Waals surface area (Å²) < 4.78 is 11.2. The minimum absolute atomic E-state index is 0.00730. The SMILES string of the molecule is C[C@@H]1C[C@H]2[C@@H]3CC(=O)C4=CC(=O)C=C[C@]4(C)[C@@]3(Cl)[C@@H](O)C[C@]2(C)[C@@]1(OC(=O)c1ccco1)C(=O)CCl. The lowest BCUT2D eigenvalue weighted by molar-refractivity contribution is -0.177. The topological polar surface area (TPSA) is 111 Å². The van der Waals surface area contributed by atoms with Crippen molar-refractivity contribution in [1.82, 2.24) is 0 Å². The third-order valence-electron chi connectivity index (χ3n) is 9.54. The van der Waals surface area contributed by atoms with Crippen LogP contribution in [-0.4, -0.2) is 50.9 Å². The lowest BCUT2D eigenvalue weighted by atomic mass is 9.45. The van der Waals surface area contributed by atoms with Gasteiger partial charge in [-0.05, 0) is 49.0 Å². The van der Waals surface area contributed by atoms with Gasteiger partial charge in [-0.15, -0.1) is 23.2 Å². The summed E-state index contributed by atoms with van der Waals surface area (Å²) in [6.45, 7) is 5.42. The molecule has 0 saturated heterocycles. The molecule has 0 aliphatic heterocycles. The van der Waals surface area contributed by atoms with E-state index in [1.807, 2.05) is 13.8 Å². The zero-order valence-corrected chi connectivity index (χ0v) is 21.8. The number of rotatable bonds is 4. The highest BCUT2D eigenvalue weighted by Gasteiger charge is 2.77. The van der Waals surface area contributed by atoms with Gasteiger partial charge in [0.15, 0.2) is 23.0 Å². The van der Waals surface area contributed by atoms with E-state index in [0.717, 1.165) is 0 Å². The van der Waals surface area contributed by atoms with Gasteiger partial charge in [-0.3, -0.25) is 14.4 Å². The minimum Gasteiger partial charge on any atom is -0.457 e. The summed E-state index contributed by atoms with van der Waals surface area (Å²) in [6.07, 6.45) is 4.95. The van der Waals surface area contributed by atoms with E-state index < -0.39 is 51.0 Å². The fraction of sp³-hybridized carbons (Fsp3) is 0.556. The van der Waals surface area contributed by atoms with Gasteiger partial charge >= 0.3 is 5.97 Å². The van der Waals surface area contributed by atoms with Gasteiger partial charge in [0.1, 0.15) is 0 Å². The van der Waals surface area contributed by atoms with E-state index in [-0.39, 0.29) is 42.0 Å².